The van der Waals surface area contributed by atoms with Gasteiger partial charge in [-0.05, 0) is 66.8 Å². The van der Waals surface area contributed by atoms with Gasteiger partial charge >= 0.3 is 0 Å². The molecule has 0 bridgehead atoms. The number of imidazole rings is 1. The summed E-state index contributed by atoms with van der Waals surface area (Å²) in [6.45, 7) is 4.07. The summed E-state index contributed by atoms with van der Waals surface area (Å²) in [5.74, 6) is 1.82. The lowest BCUT2D eigenvalue weighted by Gasteiger charge is -2.33. The molecule has 4 atom stereocenters. The highest BCUT2D eigenvalue weighted by molar-refractivity contribution is 7.14. The van der Waals surface area contributed by atoms with Crippen LogP contribution in [0.15, 0.2) is 42.9 Å². The average Bonchev–Trinajstić information content (AvgIpc) is 3.60. The van der Waals surface area contributed by atoms with Crippen molar-refractivity contribution < 1.29 is 9.18 Å². The second kappa shape index (κ2) is 9.92. The van der Waals surface area contributed by atoms with E-state index in [0.717, 1.165) is 63.6 Å². The number of thiophene rings is 1. The Balaban J connectivity index is 1.23. The summed E-state index contributed by atoms with van der Waals surface area (Å²) in [5.41, 5.74) is 11.2. The number of fused-ring (bicyclic) bond motifs is 2. The van der Waals surface area contributed by atoms with Crippen molar-refractivity contribution in [1.82, 2.24) is 30.8 Å². The highest BCUT2D eigenvalue weighted by Crippen LogP contribution is 2.44. The zero-order valence-electron chi connectivity index (χ0n) is 20.8. The molecule has 4 unspecified atom stereocenters. The van der Waals surface area contributed by atoms with Crippen molar-refractivity contribution in [2.75, 3.05) is 5.32 Å². The molecule has 1 aliphatic heterocycles. The summed E-state index contributed by atoms with van der Waals surface area (Å²) in [7, 11) is 0. The molecular weight excluding hydrogens is 489 g/mol. The zero-order valence-corrected chi connectivity index (χ0v) is 21.6. The molecule has 2 fully saturated rings. The summed E-state index contributed by atoms with van der Waals surface area (Å²) in [4.78, 5) is 30.3. The maximum Gasteiger partial charge on any atom is 0.224 e. The summed E-state index contributed by atoms with van der Waals surface area (Å²) in [6, 6.07) is 7.58. The van der Waals surface area contributed by atoms with Crippen LogP contribution in [0.25, 0.3) is 21.6 Å². The molecule has 1 amide bonds. The molecule has 37 heavy (non-hydrogen) atoms. The minimum absolute atomic E-state index is 0.00296. The van der Waals surface area contributed by atoms with Gasteiger partial charge in [-0.2, -0.15) is 4.39 Å². The zero-order chi connectivity index (χ0) is 25.5. The van der Waals surface area contributed by atoms with Gasteiger partial charge in [-0.3, -0.25) is 15.2 Å². The number of H-pyrrole nitrogens is 1. The topological polar surface area (TPSA) is 108 Å². The van der Waals surface area contributed by atoms with E-state index in [1.54, 1.807) is 18.5 Å². The molecule has 4 aromatic rings. The molecule has 4 N–H and O–H groups in total. The van der Waals surface area contributed by atoms with Gasteiger partial charge in [-0.15, -0.1) is 11.3 Å². The lowest BCUT2D eigenvalue weighted by molar-refractivity contribution is -0.116. The highest BCUT2D eigenvalue weighted by atomic mass is 32.1. The average molecular weight is 520 g/mol. The Morgan fingerprint density at radius 1 is 1.22 bits per heavy atom. The molecule has 0 radical (unpaired) electrons. The van der Waals surface area contributed by atoms with Crippen LogP contribution >= 0.6 is 11.3 Å². The number of pyridine rings is 2. The monoisotopic (exact) mass is 519 g/mol. The molecule has 4 aromatic heterocycles. The van der Waals surface area contributed by atoms with Gasteiger partial charge in [-0.25, -0.2) is 15.4 Å². The van der Waals surface area contributed by atoms with Crippen molar-refractivity contribution >= 4 is 34.1 Å². The second-order valence-electron chi connectivity index (χ2n) is 10.5. The summed E-state index contributed by atoms with van der Waals surface area (Å²) in [6.07, 6.45) is 8.89. The molecular formula is C27H30FN7OS. The van der Waals surface area contributed by atoms with E-state index >= 15 is 0 Å². The Labute approximate surface area is 218 Å². The molecule has 1 saturated heterocycles. The first-order chi connectivity index (χ1) is 17.9. The van der Waals surface area contributed by atoms with Crippen LogP contribution in [-0.4, -0.2) is 31.9 Å². The molecule has 192 valence electrons. The number of carbonyl (C=O) groups excluding carboxylic acids is 1. The van der Waals surface area contributed by atoms with E-state index in [1.165, 1.54) is 6.07 Å². The number of hydrogen-bond acceptors (Lipinski definition) is 7. The fourth-order valence-electron chi connectivity index (χ4n) is 5.70. The van der Waals surface area contributed by atoms with E-state index < -0.39 is 0 Å². The quantitative estimate of drug-likeness (QED) is 0.275. The van der Waals surface area contributed by atoms with E-state index in [0.29, 0.717) is 35.9 Å². The van der Waals surface area contributed by atoms with Crippen LogP contribution < -0.4 is 16.2 Å². The largest absolute Gasteiger partial charge is 0.339 e. The van der Waals surface area contributed by atoms with Gasteiger partial charge in [-0.1, -0.05) is 13.8 Å². The van der Waals surface area contributed by atoms with Crippen molar-refractivity contribution in [3.8, 4) is 10.4 Å². The first-order valence-electron chi connectivity index (χ1n) is 12.8. The third-order valence-corrected chi connectivity index (χ3v) is 8.31. The van der Waals surface area contributed by atoms with Gasteiger partial charge in [0, 0.05) is 35.3 Å². The number of anilines is 1. The molecule has 10 heteroatoms. The first kappa shape index (κ1) is 24.1. The number of carbonyl (C=O) groups is 1. The van der Waals surface area contributed by atoms with Crippen molar-refractivity contribution in [3.05, 3.63) is 59.4 Å². The number of nitrogens with zero attached hydrogens (tertiary/aromatic N) is 3. The summed E-state index contributed by atoms with van der Waals surface area (Å²) >= 11 is 1.12. The number of rotatable bonds is 6. The molecule has 5 heterocycles. The molecule has 6 rings (SSSR count). The molecule has 1 aliphatic carbocycles. The minimum Gasteiger partial charge on any atom is -0.339 e. The maximum atomic E-state index is 13.7. The minimum atomic E-state index is -0.213. The Hall–Kier alpha value is -3.21. The van der Waals surface area contributed by atoms with Crippen LogP contribution in [0.3, 0.4) is 0 Å². The number of hydrogen-bond donors (Lipinski definition) is 4. The molecule has 0 spiro atoms. The number of hydrazine groups is 1. The summed E-state index contributed by atoms with van der Waals surface area (Å²) in [5, 5.41) is 2.79. The third-order valence-electron chi connectivity index (χ3n) is 7.40. The Bertz CT molecular complexity index is 1430. The van der Waals surface area contributed by atoms with Gasteiger partial charge in [0.1, 0.15) is 5.82 Å². The van der Waals surface area contributed by atoms with E-state index in [9.17, 15) is 9.18 Å². The van der Waals surface area contributed by atoms with Gasteiger partial charge in [0.15, 0.2) is 10.8 Å². The predicted octanol–water partition coefficient (Wildman–Crippen LogP) is 5.31. The van der Waals surface area contributed by atoms with E-state index in [1.807, 2.05) is 26.1 Å². The lowest BCUT2D eigenvalue weighted by Crippen LogP contribution is -2.34. The SMILES string of the molecule is CC(C)CC(=O)Nc1cncc(C2CCC3NNC(c4nc5nccc(-c6ccc(F)s6)c5[nH]4)C3C2)c1. The first-order valence-corrected chi connectivity index (χ1v) is 13.6. The smallest absolute Gasteiger partial charge is 0.224 e. The van der Waals surface area contributed by atoms with Gasteiger partial charge in [0.2, 0.25) is 5.91 Å². The fraction of sp³-hybridized carbons (Fsp3) is 0.407. The van der Waals surface area contributed by atoms with E-state index in [2.05, 4.69) is 37.2 Å². The van der Waals surface area contributed by atoms with Crippen molar-refractivity contribution in [2.45, 2.75) is 57.5 Å². The van der Waals surface area contributed by atoms with Gasteiger partial charge < -0.3 is 10.3 Å². The van der Waals surface area contributed by atoms with Crippen LogP contribution in [0.4, 0.5) is 10.1 Å². The van der Waals surface area contributed by atoms with E-state index in [4.69, 9.17) is 4.98 Å². The van der Waals surface area contributed by atoms with Crippen LogP contribution in [-0.2, 0) is 4.79 Å². The number of nitrogens with one attached hydrogen (secondary N) is 4. The number of aromatic amines is 1. The molecule has 1 saturated carbocycles. The fourth-order valence-corrected chi connectivity index (χ4v) is 6.47. The van der Waals surface area contributed by atoms with Crippen molar-refractivity contribution in [3.63, 3.8) is 0 Å². The van der Waals surface area contributed by atoms with Crippen molar-refractivity contribution in [1.29, 1.82) is 0 Å². The van der Waals surface area contributed by atoms with E-state index in [-0.39, 0.29) is 17.1 Å². The van der Waals surface area contributed by atoms with Crippen LogP contribution in [0.1, 0.15) is 62.9 Å². The number of amides is 1. The standard InChI is InChI=1S/C27H30FN7OS/c1-14(2)9-23(36)31-17-10-16(12-29-13-17)15-3-4-20-19(11-15)25(35-34-20)27-32-24-18(7-8-30-26(24)33-27)21-5-6-22(28)37-21/h5-8,10,12-15,19-20,25,34-35H,3-4,9,11H2,1-2H3,(H,31,36)(H,30,32,33). The maximum absolute atomic E-state index is 13.7. The van der Waals surface area contributed by atoms with Gasteiger partial charge in [0.25, 0.3) is 0 Å². The normalized spacial score (nSPS) is 23.5. The lowest BCUT2D eigenvalue weighted by atomic mass is 9.73. The number of halogens is 1. The Morgan fingerprint density at radius 2 is 2.11 bits per heavy atom. The Kier molecular flexibility index (Phi) is 6.48. The van der Waals surface area contributed by atoms with Crippen LogP contribution in [0, 0.1) is 17.0 Å². The van der Waals surface area contributed by atoms with Crippen LogP contribution in [0.2, 0.25) is 0 Å². The predicted molar refractivity (Wildman–Crippen MR) is 142 cm³/mol. The molecule has 8 nitrogen and oxygen atoms in total. The number of aromatic nitrogens is 4. The second-order valence-corrected chi connectivity index (χ2v) is 11.5. The molecule has 2 aliphatic rings. The van der Waals surface area contributed by atoms with Gasteiger partial charge in [0.05, 0.1) is 23.4 Å². The third kappa shape index (κ3) is 4.88. The Morgan fingerprint density at radius 3 is 2.92 bits per heavy atom. The van der Waals surface area contributed by atoms with Crippen LogP contribution in [0.5, 0.6) is 0 Å². The summed E-state index contributed by atoms with van der Waals surface area (Å²) < 4.78 is 13.7. The highest BCUT2D eigenvalue weighted by Gasteiger charge is 2.42. The van der Waals surface area contributed by atoms with Crippen molar-refractivity contribution in [2.24, 2.45) is 11.8 Å². The molecule has 0 aromatic carbocycles.